The molecule has 1 aliphatic carbocycles. The molecule has 2 amide bonds. The van der Waals surface area contributed by atoms with Crippen molar-refractivity contribution in [2.24, 2.45) is 0 Å². The third-order valence-electron chi connectivity index (χ3n) is 4.07. The van der Waals surface area contributed by atoms with Crippen molar-refractivity contribution >= 4 is 11.7 Å². The van der Waals surface area contributed by atoms with Crippen molar-refractivity contribution in [2.75, 3.05) is 5.32 Å². The van der Waals surface area contributed by atoms with E-state index in [1.54, 1.807) is 18.2 Å². The van der Waals surface area contributed by atoms with Gasteiger partial charge in [-0.2, -0.15) is 10.4 Å². The van der Waals surface area contributed by atoms with Gasteiger partial charge in [0, 0.05) is 17.4 Å². The highest BCUT2D eigenvalue weighted by molar-refractivity contribution is 5.89. The number of fused-ring (bicyclic) bond motifs is 1. The van der Waals surface area contributed by atoms with Crippen LogP contribution in [0.1, 0.15) is 37.1 Å². The predicted octanol–water partition coefficient (Wildman–Crippen LogP) is 2.75. The summed E-state index contributed by atoms with van der Waals surface area (Å²) in [6, 6.07) is 6.94. The van der Waals surface area contributed by atoms with E-state index in [0.29, 0.717) is 17.0 Å². The van der Waals surface area contributed by atoms with E-state index in [0.717, 1.165) is 30.5 Å². The number of aromatic nitrogens is 2. The van der Waals surface area contributed by atoms with Gasteiger partial charge in [-0.15, -0.1) is 0 Å². The Morgan fingerprint density at radius 1 is 1.48 bits per heavy atom. The number of ether oxygens (including phenoxy) is 1. The Morgan fingerprint density at radius 2 is 2.32 bits per heavy atom. The van der Waals surface area contributed by atoms with Crippen molar-refractivity contribution in [2.45, 2.75) is 45.3 Å². The number of rotatable bonds is 4. The number of hydrogen-bond acceptors (Lipinski definition) is 4. The van der Waals surface area contributed by atoms with Crippen LogP contribution in [0.2, 0.25) is 0 Å². The van der Waals surface area contributed by atoms with Crippen LogP contribution in [0.25, 0.3) is 0 Å². The van der Waals surface area contributed by atoms with Gasteiger partial charge in [0.05, 0.1) is 17.9 Å². The fourth-order valence-electron chi connectivity index (χ4n) is 2.94. The lowest BCUT2D eigenvalue weighted by atomic mass is 9.94. The Balaban J connectivity index is 1.61. The van der Waals surface area contributed by atoms with Crippen molar-refractivity contribution in [3.05, 3.63) is 41.2 Å². The molecule has 0 fully saturated rings. The number of carbonyl (C=O) groups is 1. The van der Waals surface area contributed by atoms with Crippen LogP contribution in [0.5, 0.6) is 5.75 Å². The maximum atomic E-state index is 12.2. The zero-order valence-electron chi connectivity index (χ0n) is 14.3. The molecule has 25 heavy (non-hydrogen) atoms. The van der Waals surface area contributed by atoms with E-state index in [1.165, 1.54) is 0 Å². The fraction of sp³-hybridized carbons (Fsp3) is 0.389. The minimum atomic E-state index is -0.279. The number of nitrogens with zero attached hydrogens (tertiary/aromatic N) is 2. The summed E-state index contributed by atoms with van der Waals surface area (Å²) in [7, 11) is 0. The molecule has 1 aliphatic rings. The minimum Gasteiger partial charge on any atom is -0.490 e. The number of hydrogen-bond donors (Lipinski definition) is 3. The number of aromatic amines is 1. The SMILES string of the molecule is CC(C)Oc1ccc(NC(=O)N[C@H]2CCc3[nH]ncc3C2)cc1C#N. The number of amides is 2. The maximum absolute atomic E-state index is 12.2. The lowest BCUT2D eigenvalue weighted by molar-refractivity contribution is 0.241. The van der Waals surface area contributed by atoms with Crippen molar-refractivity contribution in [3.8, 4) is 11.8 Å². The Kier molecular flexibility index (Phi) is 4.89. The van der Waals surface area contributed by atoms with E-state index in [-0.39, 0.29) is 18.2 Å². The van der Waals surface area contributed by atoms with Crippen LogP contribution < -0.4 is 15.4 Å². The summed E-state index contributed by atoms with van der Waals surface area (Å²) in [5, 5.41) is 22.0. The third-order valence-corrected chi connectivity index (χ3v) is 4.07. The normalized spacial score (nSPS) is 16.0. The molecule has 0 unspecified atom stereocenters. The van der Waals surface area contributed by atoms with Crippen LogP contribution in [0.3, 0.4) is 0 Å². The standard InChI is InChI=1S/C18H21N5O2/c1-11(2)25-17-6-4-15(7-12(17)9-19)22-18(24)21-14-3-5-16-13(8-14)10-20-23-16/h4,6-7,10-11,14H,3,5,8H2,1-2H3,(H,20,23)(H2,21,22,24)/t14-/m0/s1. The molecule has 2 aromatic rings. The molecular formula is C18H21N5O2. The van der Waals surface area contributed by atoms with Crippen LogP contribution in [0, 0.1) is 11.3 Å². The van der Waals surface area contributed by atoms with Gasteiger partial charge in [-0.3, -0.25) is 5.10 Å². The number of H-pyrrole nitrogens is 1. The second-order valence-electron chi connectivity index (χ2n) is 6.40. The average Bonchev–Trinajstić information content (AvgIpc) is 3.03. The first-order valence-corrected chi connectivity index (χ1v) is 8.34. The molecule has 0 spiro atoms. The van der Waals surface area contributed by atoms with Crippen molar-refractivity contribution < 1.29 is 9.53 Å². The molecule has 3 N–H and O–H groups in total. The summed E-state index contributed by atoms with van der Waals surface area (Å²) in [6.07, 6.45) is 4.30. The molecule has 1 heterocycles. The molecule has 1 atom stereocenters. The average molecular weight is 339 g/mol. The molecule has 7 nitrogen and oxygen atoms in total. The topological polar surface area (TPSA) is 103 Å². The van der Waals surface area contributed by atoms with E-state index >= 15 is 0 Å². The number of benzene rings is 1. The number of nitrogens with one attached hydrogen (secondary N) is 3. The third kappa shape index (κ3) is 4.10. The second kappa shape index (κ2) is 7.26. The number of nitriles is 1. The summed E-state index contributed by atoms with van der Waals surface area (Å²) >= 11 is 0. The minimum absolute atomic E-state index is 0.0201. The molecule has 0 bridgehead atoms. The molecule has 7 heteroatoms. The number of aryl methyl sites for hydroxylation is 1. The number of urea groups is 1. The van der Waals surface area contributed by atoms with Gasteiger partial charge in [-0.1, -0.05) is 0 Å². The van der Waals surface area contributed by atoms with Crippen LogP contribution in [-0.2, 0) is 12.8 Å². The molecule has 130 valence electrons. The zero-order chi connectivity index (χ0) is 17.8. The molecule has 1 aromatic carbocycles. The van der Waals surface area contributed by atoms with Crippen molar-refractivity contribution in [3.63, 3.8) is 0 Å². The number of anilines is 1. The molecule has 3 rings (SSSR count). The first-order chi connectivity index (χ1) is 12.0. The Bertz CT molecular complexity index is 806. The number of carbonyl (C=O) groups excluding carboxylic acids is 1. The van der Waals surface area contributed by atoms with Gasteiger partial charge in [0.2, 0.25) is 0 Å². The van der Waals surface area contributed by atoms with Gasteiger partial charge in [0.25, 0.3) is 0 Å². The summed E-state index contributed by atoms with van der Waals surface area (Å²) in [6.45, 7) is 3.80. The maximum Gasteiger partial charge on any atom is 0.319 e. The first-order valence-electron chi connectivity index (χ1n) is 8.34. The van der Waals surface area contributed by atoms with Crippen LogP contribution >= 0.6 is 0 Å². The summed E-state index contributed by atoms with van der Waals surface area (Å²) < 4.78 is 5.58. The van der Waals surface area contributed by atoms with Gasteiger partial charge in [-0.05, 0) is 56.9 Å². The Hall–Kier alpha value is -3.01. The predicted molar refractivity (Wildman–Crippen MR) is 93.5 cm³/mol. The first kappa shape index (κ1) is 16.8. The molecule has 0 radical (unpaired) electrons. The smallest absolute Gasteiger partial charge is 0.319 e. The van der Waals surface area contributed by atoms with Crippen molar-refractivity contribution in [1.82, 2.24) is 15.5 Å². The lowest BCUT2D eigenvalue weighted by Crippen LogP contribution is -2.41. The van der Waals surface area contributed by atoms with Crippen LogP contribution in [-0.4, -0.2) is 28.4 Å². The zero-order valence-corrected chi connectivity index (χ0v) is 14.3. The van der Waals surface area contributed by atoms with Crippen LogP contribution in [0.15, 0.2) is 24.4 Å². The Morgan fingerprint density at radius 3 is 3.08 bits per heavy atom. The highest BCUT2D eigenvalue weighted by Crippen LogP contribution is 2.23. The summed E-state index contributed by atoms with van der Waals surface area (Å²) in [5.41, 5.74) is 3.26. The van der Waals surface area contributed by atoms with E-state index < -0.39 is 0 Å². The quantitative estimate of drug-likeness (QED) is 0.797. The van der Waals surface area contributed by atoms with Gasteiger partial charge in [-0.25, -0.2) is 4.79 Å². The van der Waals surface area contributed by atoms with Gasteiger partial charge >= 0.3 is 6.03 Å². The van der Waals surface area contributed by atoms with Gasteiger partial charge in [0.15, 0.2) is 0 Å². The van der Waals surface area contributed by atoms with E-state index in [2.05, 4.69) is 26.9 Å². The van der Waals surface area contributed by atoms with Gasteiger partial charge < -0.3 is 15.4 Å². The monoisotopic (exact) mass is 339 g/mol. The van der Waals surface area contributed by atoms with E-state index in [4.69, 9.17) is 4.74 Å². The molecule has 0 aliphatic heterocycles. The molecule has 0 saturated carbocycles. The summed E-state index contributed by atoms with van der Waals surface area (Å²) in [5.74, 6) is 0.517. The highest BCUT2D eigenvalue weighted by Gasteiger charge is 2.21. The lowest BCUT2D eigenvalue weighted by Gasteiger charge is -2.23. The second-order valence-corrected chi connectivity index (χ2v) is 6.40. The summed E-state index contributed by atoms with van der Waals surface area (Å²) in [4.78, 5) is 12.2. The van der Waals surface area contributed by atoms with E-state index in [9.17, 15) is 10.1 Å². The van der Waals surface area contributed by atoms with Gasteiger partial charge in [0.1, 0.15) is 11.8 Å². The highest BCUT2D eigenvalue weighted by atomic mass is 16.5. The van der Waals surface area contributed by atoms with Crippen LogP contribution in [0.4, 0.5) is 10.5 Å². The molecular weight excluding hydrogens is 318 g/mol. The van der Waals surface area contributed by atoms with E-state index in [1.807, 2.05) is 20.0 Å². The Labute approximate surface area is 146 Å². The largest absolute Gasteiger partial charge is 0.490 e. The molecule has 0 saturated heterocycles. The molecule has 1 aromatic heterocycles. The van der Waals surface area contributed by atoms with Crippen molar-refractivity contribution in [1.29, 1.82) is 5.26 Å². The fourth-order valence-corrected chi connectivity index (χ4v) is 2.94.